The average molecular weight is 520 g/mol. The lowest BCUT2D eigenvalue weighted by Gasteiger charge is -2.11. The van der Waals surface area contributed by atoms with Gasteiger partial charge < -0.3 is 25.5 Å². The zero-order valence-electron chi connectivity index (χ0n) is 19.7. The number of alkyl halides is 3. The largest absolute Gasteiger partial charge is 0.508 e. The number of phenols is 1. The van der Waals surface area contributed by atoms with Gasteiger partial charge in [-0.2, -0.15) is 18.2 Å². The average Bonchev–Trinajstić information content (AvgIpc) is 3.29. The number of aromatic hydroxyl groups is 1. The lowest BCUT2D eigenvalue weighted by atomic mass is 10.2. The number of aryl methyl sites for hydroxylation is 1. The third kappa shape index (κ3) is 5.48. The summed E-state index contributed by atoms with van der Waals surface area (Å²) in [5.74, 6) is 1.30. The number of fused-ring (bicyclic) bond motifs is 1. The van der Waals surface area contributed by atoms with Gasteiger partial charge in [0.2, 0.25) is 5.89 Å². The monoisotopic (exact) mass is 520 g/mol. The summed E-state index contributed by atoms with van der Waals surface area (Å²) in [5, 5.41) is 17.6. The normalized spacial score (nSPS) is 11.4. The predicted octanol–water partition coefficient (Wildman–Crippen LogP) is 6.71. The molecule has 2 amide bonds. The van der Waals surface area contributed by atoms with E-state index in [9.17, 15) is 23.1 Å². The maximum atomic E-state index is 12.9. The van der Waals surface area contributed by atoms with Gasteiger partial charge in [0.1, 0.15) is 11.6 Å². The highest BCUT2D eigenvalue weighted by molar-refractivity contribution is 6.00. The molecule has 0 atom stereocenters. The minimum absolute atomic E-state index is 0.0121. The highest BCUT2D eigenvalue weighted by Gasteiger charge is 2.30. The number of amides is 2. The fraction of sp³-hybridized carbons (Fsp3) is 0.0769. The molecule has 0 fully saturated rings. The van der Waals surface area contributed by atoms with E-state index >= 15 is 0 Å². The molecule has 0 radical (unpaired) electrons. The van der Waals surface area contributed by atoms with E-state index in [-0.39, 0.29) is 17.2 Å². The first-order chi connectivity index (χ1) is 18.1. The van der Waals surface area contributed by atoms with Crippen molar-refractivity contribution in [2.45, 2.75) is 13.1 Å². The molecule has 3 aromatic carbocycles. The van der Waals surface area contributed by atoms with Crippen LogP contribution in [-0.4, -0.2) is 26.1 Å². The van der Waals surface area contributed by atoms with Crippen molar-refractivity contribution in [3.05, 3.63) is 84.2 Å². The van der Waals surface area contributed by atoms with Crippen LogP contribution in [0.3, 0.4) is 0 Å². The molecule has 0 saturated carbocycles. The van der Waals surface area contributed by atoms with Gasteiger partial charge >= 0.3 is 12.2 Å². The molecular weight excluding hydrogens is 501 g/mol. The Labute approximate surface area is 213 Å². The number of carbonyl (C=O) groups is 1. The van der Waals surface area contributed by atoms with Gasteiger partial charge in [0.25, 0.3) is 5.71 Å². The Morgan fingerprint density at radius 1 is 0.868 bits per heavy atom. The zero-order valence-corrected chi connectivity index (χ0v) is 19.7. The lowest BCUT2D eigenvalue weighted by molar-refractivity contribution is -0.137. The van der Waals surface area contributed by atoms with Crippen LogP contribution in [0.4, 0.5) is 40.8 Å². The number of nitrogens with zero attached hydrogens (tertiary/aromatic N) is 3. The van der Waals surface area contributed by atoms with Crippen LogP contribution in [0.1, 0.15) is 11.4 Å². The molecule has 0 aliphatic rings. The van der Waals surface area contributed by atoms with E-state index in [0.717, 1.165) is 12.1 Å². The molecule has 0 aliphatic carbocycles. The van der Waals surface area contributed by atoms with Crippen LogP contribution >= 0.6 is 0 Å². The van der Waals surface area contributed by atoms with Gasteiger partial charge in [-0.25, -0.2) is 14.8 Å². The number of urea groups is 1. The van der Waals surface area contributed by atoms with Crippen LogP contribution in [0.2, 0.25) is 0 Å². The van der Waals surface area contributed by atoms with Gasteiger partial charge in [-0.05, 0) is 73.7 Å². The minimum atomic E-state index is -4.51. The van der Waals surface area contributed by atoms with Crippen molar-refractivity contribution in [1.29, 1.82) is 0 Å². The van der Waals surface area contributed by atoms with Gasteiger partial charge in [-0.3, -0.25) is 0 Å². The smallest absolute Gasteiger partial charge is 0.416 e. The van der Waals surface area contributed by atoms with E-state index < -0.39 is 17.8 Å². The Balaban J connectivity index is 1.29. The minimum Gasteiger partial charge on any atom is -0.508 e. The van der Waals surface area contributed by atoms with Gasteiger partial charge in [-0.15, -0.1) is 0 Å². The number of oxazole rings is 1. The van der Waals surface area contributed by atoms with Crippen LogP contribution in [0.15, 0.2) is 77.2 Å². The molecule has 5 rings (SSSR count). The second kappa shape index (κ2) is 9.73. The zero-order chi connectivity index (χ0) is 26.9. The Kier molecular flexibility index (Phi) is 6.29. The summed E-state index contributed by atoms with van der Waals surface area (Å²) in [6, 6.07) is 16.7. The number of phenolic OH excluding ortho intramolecular Hbond substituents is 1. The van der Waals surface area contributed by atoms with E-state index in [2.05, 4.69) is 30.9 Å². The van der Waals surface area contributed by atoms with Crippen LogP contribution in [-0.2, 0) is 6.18 Å². The topological polar surface area (TPSA) is 125 Å². The molecule has 5 aromatic rings. The summed E-state index contributed by atoms with van der Waals surface area (Å²) < 4.78 is 44.5. The Morgan fingerprint density at radius 3 is 2.26 bits per heavy atom. The molecular formula is C26H19F3N6O3. The summed E-state index contributed by atoms with van der Waals surface area (Å²) in [7, 11) is 0. The van der Waals surface area contributed by atoms with Gasteiger partial charge in [-0.1, -0.05) is 6.07 Å². The molecule has 0 spiro atoms. The highest BCUT2D eigenvalue weighted by atomic mass is 19.4. The quantitative estimate of drug-likeness (QED) is 0.203. The fourth-order valence-electron chi connectivity index (χ4n) is 3.58. The third-order valence-electron chi connectivity index (χ3n) is 5.34. The number of aromatic nitrogens is 3. The number of halogens is 3. The SMILES string of the molecule is Cc1nc(Nc2ccc(NC(=O)Nc3cccc(C(F)(F)F)c3)cc2)c2nc(-c3ccc(O)cc3)oc2n1. The number of benzene rings is 3. The van der Waals surface area contributed by atoms with Crippen molar-refractivity contribution >= 4 is 40.1 Å². The molecule has 2 aromatic heterocycles. The van der Waals surface area contributed by atoms with Gasteiger partial charge in [0.15, 0.2) is 11.3 Å². The molecule has 12 heteroatoms. The number of nitrogens with one attached hydrogen (secondary N) is 3. The third-order valence-corrected chi connectivity index (χ3v) is 5.34. The molecule has 9 nitrogen and oxygen atoms in total. The number of carbonyl (C=O) groups excluding carboxylic acids is 1. The van der Waals surface area contributed by atoms with Crippen molar-refractivity contribution in [2.75, 3.05) is 16.0 Å². The molecule has 192 valence electrons. The standard InChI is InChI=1S/C26H19F3N6O3/c1-14-30-22(21-24(31-14)38-23(35-21)15-5-11-20(36)12-6-15)32-17-7-9-18(10-8-17)33-25(37)34-19-4-2-3-16(13-19)26(27,28)29/h2-13,36H,1H3,(H,30,31,32)(H2,33,34,37). The van der Waals surface area contributed by atoms with Gasteiger partial charge in [0.05, 0.1) is 5.56 Å². The van der Waals surface area contributed by atoms with E-state index in [1.807, 2.05) is 0 Å². The molecule has 0 bridgehead atoms. The maximum absolute atomic E-state index is 12.9. The van der Waals surface area contributed by atoms with Crippen molar-refractivity contribution in [3.63, 3.8) is 0 Å². The number of hydrogen-bond acceptors (Lipinski definition) is 7. The molecule has 0 saturated heterocycles. The summed E-state index contributed by atoms with van der Waals surface area (Å²) in [4.78, 5) is 25.5. The molecule has 2 heterocycles. The first-order valence-electron chi connectivity index (χ1n) is 11.2. The maximum Gasteiger partial charge on any atom is 0.416 e. The molecule has 0 aliphatic heterocycles. The van der Waals surface area contributed by atoms with E-state index in [4.69, 9.17) is 4.42 Å². The summed E-state index contributed by atoms with van der Waals surface area (Å²) in [6.07, 6.45) is -4.51. The van der Waals surface area contributed by atoms with Crippen LogP contribution in [0, 0.1) is 6.92 Å². The number of rotatable bonds is 5. The molecule has 4 N–H and O–H groups in total. The second-order valence-corrected chi connectivity index (χ2v) is 8.20. The lowest BCUT2D eigenvalue weighted by Crippen LogP contribution is -2.19. The van der Waals surface area contributed by atoms with E-state index in [0.29, 0.717) is 40.0 Å². The van der Waals surface area contributed by atoms with Gasteiger partial charge in [0, 0.05) is 22.6 Å². The first-order valence-corrected chi connectivity index (χ1v) is 11.2. The predicted molar refractivity (Wildman–Crippen MR) is 135 cm³/mol. The summed E-state index contributed by atoms with van der Waals surface area (Å²) >= 11 is 0. The second-order valence-electron chi connectivity index (χ2n) is 8.20. The number of hydrogen-bond donors (Lipinski definition) is 4. The summed E-state index contributed by atoms with van der Waals surface area (Å²) in [5.41, 5.74) is 1.54. The molecule has 38 heavy (non-hydrogen) atoms. The van der Waals surface area contributed by atoms with Crippen molar-refractivity contribution < 1.29 is 27.5 Å². The van der Waals surface area contributed by atoms with Crippen LogP contribution in [0.25, 0.3) is 22.7 Å². The van der Waals surface area contributed by atoms with E-state index in [1.54, 1.807) is 43.3 Å². The first kappa shape index (κ1) is 24.6. The van der Waals surface area contributed by atoms with Crippen LogP contribution < -0.4 is 16.0 Å². The van der Waals surface area contributed by atoms with Crippen molar-refractivity contribution in [2.24, 2.45) is 0 Å². The number of anilines is 4. The van der Waals surface area contributed by atoms with Crippen molar-refractivity contribution in [3.8, 4) is 17.2 Å². The summed E-state index contributed by atoms with van der Waals surface area (Å²) in [6.45, 7) is 1.71. The van der Waals surface area contributed by atoms with Crippen molar-refractivity contribution in [1.82, 2.24) is 15.0 Å². The van der Waals surface area contributed by atoms with E-state index in [1.165, 1.54) is 24.3 Å². The molecule has 0 unspecified atom stereocenters. The Morgan fingerprint density at radius 2 is 1.55 bits per heavy atom. The Hall–Kier alpha value is -5.13. The van der Waals surface area contributed by atoms with Crippen LogP contribution in [0.5, 0.6) is 5.75 Å². The highest BCUT2D eigenvalue weighted by Crippen LogP contribution is 2.31. The Bertz CT molecular complexity index is 1620. The fourth-order valence-corrected chi connectivity index (χ4v) is 3.58.